The highest BCUT2D eigenvalue weighted by molar-refractivity contribution is 7.88. The molecule has 2 rings (SSSR count). The zero-order valence-electron chi connectivity index (χ0n) is 11.1. The fourth-order valence-corrected chi connectivity index (χ4v) is 3.94. The number of piperidine rings is 1. The molecule has 0 aromatic heterocycles. The number of sulfonamides is 1. The Hall–Kier alpha value is -0.620. The zero-order valence-corrected chi connectivity index (χ0v) is 12.7. The maximum Gasteiger partial charge on any atom is 0.218 e. The van der Waals surface area contributed by atoms with E-state index >= 15 is 0 Å². The van der Waals surface area contributed by atoms with E-state index in [1.54, 1.807) is 0 Å². The van der Waals surface area contributed by atoms with Gasteiger partial charge in [-0.3, -0.25) is 0 Å². The van der Waals surface area contributed by atoms with Crippen molar-refractivity contribution in [2.45, 2.75) is 31.6 Å². The third-order valence-corrected chi connectivity index (χ3v) is 5.06. The van der Waals surface area contributed by atoms with Gasteiger partial charge >= 0.3 is 0 Å². The van der Waals surface area contributed by atoms with Gasteiger partial charge < -0.3 is 5.73 Å². The van der Waals surface area contributed by atoms with Crippen LogP contribution in [0.4, 0.5) is 0 Å². The molecule has 108 valence electrons. The van der Waals surface area contributed by atoms with Gasteiger partial charge in [0, 0.05) is 19.1 Å². The van der Waals surface area contributed by atoms with Crippen molar-refractivity contribution >= 4 is 22.4 Å². The highest BCUT2D eigenvalue weighted by atomic mass is 35.5. The van der Waals surface area contributed by atoms with Crippen LogP contribution in [0.1, 0.15) is 24.0 Å². The molecule has 1 aromatic rings. The van der Waals surface area contributed by atoms with E-state index in [4.69, 9.17) is 5.73 Å². The van der Waals surface area contributed by atoms with Crippen LogP contribution in [0.5, 0.6) is 0 Å². The first kappa shape index (κ1) is 16.4. The van der Waals surface area contributed by atoms with Gasteiger partial charge in [0.1, 0.15) is 0 Å². The van der Waals surface area contributed by atoms with Gasteiger partial charge in [0.2, 0.25) is 10.0 Å². The molecule has 0 spiro atoms. The number of nitrogens with two attached hydrogens (primary N) is 1. The van der Waals surface area contributed by atoms with Crippen LogP contribution in [0.25, 0.3) is 0 Å². The van der Waals surface area contributed by atoms with Gasteiger partial charge in [-0.2, -0.15) is 0 Å². The fraction of sp³-hybridized carbons (Fsp3) is 0.538. The minimum Gasteiger partial charge on any atom is -0.327 e. The van der Waals surface area contributed by atoms with Crippen molar-refractivity contribution in [3.05, 3.63) is 35.4 Å². The normalized spacial score (nSPS) is 20.8. The topological polar surface area (TPSA) is 63.4 Å². The molecule has 1 atom stereocenters. The van der Waals surface area contributed by atoms with E-state index in [0.717, 1.165) is 24.0 Å². The maximum absolute atomic E-state index is 12.3. The maximum atomic E-state index is 12.3. The van der Waals surface area contributed by atoms with E-state index in [1.807, 2.05) is 31.2 Å². The molecule has 2 N–H and O–H groups in total. The Morgan fingerprint density at radius 3 is 2.79 bits per heavy atom. The number of hydrogen-bond donors (Lipinski definition) is 1. The Labute approximate surface area is 121 Å². The second-order valence-electron chi connectivity index (χ2n) is 5.01. The van der Waals surface area contributed by atoms with E-state index in [-0.39, 0.29) is 24.2 Å². The highest BCUT2D eigenvalue weighted by Crippen LogP contribution is 2.17. The molecule has 1 fully saturated rings. The fourth-order valence-electron chi connectivity index (χ4n) is 2.33. The first-order chi connectivity index (χ1) is 8.47. The van der Waals surface area contributed by atoms with Gasteiger partial charge in [0.05, 0.1) is 5.75 Å². The standard InChI is InChI=1S/C13H20N2O2S.ClH/c1-11-4-2-5-12(8-11)10-18(16,17)15-7-3-6-13(14)9-15;/h2,4-5,8,13H,3,6-7,9-10,14H2,1H3;1H/t13-;/m1./s1. The van der Waals surface area contributed by atoms with Crippen LogP contribution in [0.3, 0.4) is 0 Å². The van der Waals surface area contributed by atoms with Gasteiger partial charge in [-0.25, -0.2) is 12.7 Å². The van der Waals surface area contributed by atoms with E-state index in [9.17, 15) is 8.42 Å². The van der Waals surface area contributed by atoms with Crippen molar-refractivity contribution in [1.82, 2.24) is 4.31 Å². The molecule has 1 aliphatic heterocycles. The number of nitrogens with zero attached hydrogens (tertiary/aromatic N) is 1. The molecule has 4 nitrogen and oxygen atoms in total. The van der Waals surface area contributed by atoms with Crippen LogP contribution in [-0.4, -0.2) is 31.9 Å². The second kappa shape index (κ2) is 6.70. The Bertz CT molecular complexity index is 519. The summed E-state index contributed by atoms with van der Waals surface area (Å²) in [4.78, 5) is 0. The van der Waals surface area contributed by atoms with Crippen LogP contribution in [-0.2, 0) is 15.8 Å². The Morgan fingerprint density at radius 2 is 2.16 bits per heavy atom. The van der Waals surface area contributed by atoms with E-state index < -0.39 is 10.0 Å². The SMILES string of the molecule is Cc1cccc(CS(=O)(=O)N2CCC[C@@H](N)C2)c1.Cl. The molecule has 6 heteroatoms. The summed E-state index contributed by atoms with van der Waals surface area (Å²) in [6.07, 6.45) is 1.77. The number of halogens is 1. The van der Waals surface area contributed by atoms with Crippen molar-refractivity contribution in [2.75, 3.05) is 13.1 Å². The summed E-state index contributed by atoms with van der Waals surface area (Å²) in [5, 5.41) is 0. The summed E-state index contributed by atoms with van der Waals surface area (Å²) in [5.41, 5.74) is 7.76. The number of rotatable bonds is 3. The molecule has 1 saturated heterocycles. The molecular weight excluding hydrogens is 284 g/mol. The number of benzene rings is 1. The lowest BCUT2D eigenvalue weighted by Gasteiger charge is -2.29. The van der Waals surface area contributed by atoms with E-state index in [1.165, 1.54) is 4.31 Å². The number of aryl methyl sites for hydroxylation is 1. The zero-order chi connectivity index (χ0) is 13.2. The van der Waals surface area contributed by atoms with Gasteiger partial charge in [-0.15, -0.1) is 12.4 Å². The molecule has 19 heavy (non-hydrogen) atoms. The van der Waals surface area contributed by atoms with Crippen molar-refractivity contribution in [3.8, 4) is 0 Å². The predicted octanol–water partition coefficient (Wildman–Crippen LogP) is 1.67. The first-order valence-electron chi connectivity index (χ1n) is 6.26. The van der Waals surface area contributed by atoms with Crippen LogP contribution in [0.2, 0.25) is 0 Å². The van der Waals surface area contributed by atoms with Crippen molar-refractivity contribution in [1.29, 1.82) is 0 Å². The molecule has 0 unspecified atom stereocenters. The summed E-state index contributed by atoms with van der Waals surface area (Å²) >= 11 is 0. The monoisotopic (exact) mass is 304 g/mol. The van der Waals surface area contributed by atoms with Crippen molar-refractivity contribution < 1.29 is 8.42 Å². The molecule has 0 saturated carbocycles. The van der Waals surface area contributed by atoms with E-state index in [0.29, 0.717) is 13.1 Å². The van der Waals surface area contributed by atoms with Crippen LogP contribution in [0.15, 0.2) is 24.3 Å². The molecular formula is C13H21ClN2O2S. The Balaban J connectivity index is 0.00000180. The highest BCUT2D eigenvalue weighted by Gasteiger charge is 2.27. The molecule has 0 amide bonds. The minimum atomic E-state index is -3.23. The third-order valence-electron chi connectivity index (χ3n) is 3.25. The second-order valence-corrected chi connectivity index (χ2v) is 6.97. The smallest absolute Gasteiger partial charge is 0.218 e. The lowest BCUT2D eigenvalue weighted by molar-refractivity contribution is 0.316. The number of hydrogen-bond acceptors (Lipinski definition) is 3. The first-order valence-corrected chi connectivity index (χ1v) is 7.87. The lowest BCUT2D eigenvalue weighted by atomic mass is 10.1. The predicted molar refractivity (Wildman–Crippen MR) is 79.8 cm³/mol. The molecule has 0 bridgehead atoms. The molecule has 1 aliphatic rings. The summed E-state index contributed by atoms with van der Waals surface area (Å²) in [5.74, 6) is 0.0708. The van der Waals surface area contributed by atoms with Crippen molar-refractivity contribution in [3.63, 3.8) is 0 Å². The summed E-state index contributed by atoms with van der Waals surface area (Å²) < 4.78 is 26.1. The molecule has 1 aromatic carbocycles. The Kier molecular flexibility index (Phi) is 5.80. The molecule has 0 radical (unpaired) electrons. The van der Waals surface area contributed by atoms with Gasteiger partial charge in [0.25, 0.3) is 0 Å². The Morgan fingerprint density at radius 1 is 1.42 bits per heavy atom. The van der Waals surface area contributed by atoms with Crippen molar-refractivity contribution in [2.24, 2.45) is 5.73 Å². The lowest BCUT2D eigenvalue weighted by Crippen LogP contribution is -2.46. The average molecular weight is 305 g/mol. The van der Waals surface area contributed by atoms with Gasteiger partial charge in [0.15, 0.2) is 0 Å². The summed E-state index contributed by atoms with van der Waals surface area (Å²) in [6, 6.07) is 7.61. The summed E-state index contributed by atoms with van der Waals surface area (Å²) in [7, 11) is -3.23. The largest absolute Gasteiger partial charge is 0.327 e. The third kappa shape index (κ3) is 4.45. The molecule has 0 aliphatic carbocycles. The average Bonchev–Trinajstić information content (AvgIpc) is 2.28. The minimum absolute atomic E-state index is 0. The quantitative estimate of drug-likeness (QED) is 0.924. The van der Waals surface area contributed by atoms with E-state index in [2.05, 4.69) is 0 Å². The van der Waals surface area contributed by atoms with Gasteiger partial charge in [-0.1, -0.05) is 29.8 Å². The van der Waals surface area contributed by atoms with Crippen LogP contribution in [0, 0.1) is 6.92 Å². The summed E-state index contributed by atoms with van der Waals surface area (Å²) in [6.45, 7) is 3.02. The van der Waals surface area contributed by atoms with Gasteiger partial charge in [-0.05, 0) is 25.3 Å². The van der Waals surface area contributed by atoms with Crippen LogP contribution >= 0.6 is 12.4 Å². The van der Waals surface area contributed by atoms with Crippen LogP contribution < -0.4 is 5.73 Å². The molecule has 1 heterocycles.